The van der Waals surface area contributed by atoms with Gasteiger partial charge in [-0.1, -0.05) is 0 Å². The van der Waals surface area contributed by atoms with Crippen molar-refractivity contribution < 1.29 is 31.8 Å². The third kappa shape index (κ3) is 3.46. The second kappa shape index (κ2) is 7.55. The smallest absolute Gasteiger partial charge is 0.271 e. The van der Waals surface area contributed by atoms with Crippen LogP contribution in [0.3, 0.4) is 0 Å². The third-order valence-electron chi connectivity index (χ3n) is 3.78. The maximum Gasteiger partial charge on any atom is 0.271 e. The molecule has 1 heterocycles. The van der Waals surface area contributed by atoms with Crippen LogP contribution in [0.15, 0.2) is 24.3 Å². The first-order valence-electron chi connectivity index (χ1n) is 7.67. The van der Waals surface area contributed by atoms with Gasteiger partial charge in [-0.25, -0.2) is 8.78 Å². The van der Waals surface area contributed by atoms with Crippen LogP contribution in [0.4, 0.5) is 17.6 Å². The number of ether oxygens (including phenoxy) is 2. The molecule has 3 aromatic rings. The number of benzene rings is 2. The predicted molar refractivity (Wildman–Crippen MR) is 87.5 cm³/mol. The number of rotatable bonds is 6. The van der Waals surface area contributed by atoms with Gasteiger partial charge in [-0.05, 0) is 18.2 Å². The zero-order chi connectivity index (χ0) is 20.4. The van der Waals surface area contributed by atoms with Crippen LogP contribution in [0.2, 0.25) is 0 Å². The molecule has 0 fully saturated rings. The zero-order valence-electron chi connectivity index (χ0n) is 14.2. The lowest BCUT2D eigenvalue weighted by Crippen LogP contribution is -2.12. The van der Waals surface area contributed by atoms with Crippen LogP contribution < -0.4 is 15.2 Å². The Balaban J connectivity index is 1.97. The number of aromatic amines is 1. The average Bonchev–Trinajstić information content (AvgIpc) is 3.16. The number of hydrogen-bond acceptors (Lipinski definition) is 5. The van der Waals surface area contributed by atoms with Gasteiger partial charge in [0.1, 0.15) is 18.1 Å². The van der Waals surface area contributed by atoms with Crippen molar-refractivity contribution in [3.05, 3.63) is 58.8 Å². The number of nitrogens with two attached hydrogens (primary N) is 1. The van der Waals surface area contributed by atoms with E-state index in [0.717, 1.165) is 0 Å². The fraction of sp³-hybridized carbons (Fsp3) is 0.118. The molecule has 11 heteroatoms. The number of carbonyl (C=O) groups is 1. The Bertz CT molecular complexity index is 1030. The van der Waals surface area contributed by atoms with Crippen molar-refractivity contribution in [2.24, 2.45) is 5.73 Å². The first-order valence-corrected chi connectivity index (χ1v) is 7.67. The summed E-state index contributed by atoms with van der Waals surface area (Å²) in [5, 5.41) is 9.75. The normalized spacial score (nSPS) is 10.8. The van der Waals surface area contributed by atoms with Gasteiger partial charge in [-0.15, -0.1) is 0 Å². The summed E-state index contributed by atoms with van der Waals surface area (Å²) in [6.45, 7) is -0.502. The molecule has 0 aliphatic rings. The van der Waals surface area contributed by atoms with Crippen LogP contribution in [-0.4, -0.2) is 28.4 Å². The molecule has 3 rings (SSSR count). The Morgan fingerprint density at radius 3 is 2.39 bits per heavy atom. The number of hydrogen-bond donors (Lipinski definition) is 2. The molecule has 2 aromatic carbocycles. The maximum absolute atomic E-state index is 13.8. The van der Waals surface area contributed by atoms with E-state index in [4.69, 9.17) is 15.2 Å². The average molecular weight is 396 g/mol. The fourth-order valence-corrected chi connectivity index (χ4v) is 2.47. The lowest BCUT2D eigenvalue weighted by Gasteiger charge is -2.13. The van der Waals surface area contributed by atoms with Gasteiger partial charge < -0.3 is 15.2 Å². The van der Waals surface area contributed by atoms with Crippen molar-refractivity contribution in [1.29, 1.82) is 0 Å². The van der Waals surface area contributed by atoms with E-state index in [1.807, 2.05) is 0 Å². The van der Waals surface area contributed by atoms with Gasteiger partial charge in [0.05, 0.1) is 7.11 Å². The van der Waals surface area contributed by atoms with Crippen LogP contribution in [0.5, 0.6) is 11.5 Å². The highest BCUT2D eigenvalue weighted by atomic mass is 19.2. The predicted octanol–water partition coefficient (Wildman–Crippen LogP) is 2.71. The van der Waals surface area contributed by atoms with E-state index < -0.39 is 41.5 Å². The molecule has 28 heavy (non-hydrogen) atoms. The van der Waals surface area contributed by atoms with Gasteiger partial charge in [0, 0.05) is 17.2 Å². The van der Waals surface area contributed by atoms with Gasteiger partial charge >= 0.3 is 0 Å². The van der Waals surface area contributed by atoms with Gasteiger partial charge in [-0.2, -0.15) is 24.2 Å². The molecule has 0 atom stereocenters. The van der Waals surface area contributed by atoms with Crippen molar-refractivity contribution >= 4 is 5.91 Å². The highest BCUT2D eigenvalue weighted by Crippen LogP contribution is 2.30. The van der Waals surface area contributed by atoms with Crippen molar-refractivity contribution in [3.8, 4) is 22.8 Å². The molecular formula is C17H12F4N4O3. The van der Waals surface area contributed by atoms with Crippen LogP contribution in [0, 0.1) is 23.3 Å². The van der Waals surface area contributed by atoms with Crippen molar-refractivity contribution in [1.82, 2.24) is 15.4 Å². The molecule has 3 N–H and O–H groups in total. The molecule has 0 aliphatic carbocycles. The number of carbonyl (C=O) groups excluding carboxylic acids is 1. The number of amides is 1. The molecule has 1 aromatic heterocycles. The molecule has 0 aliphatic heterocycles. The molecule has 0 spiro atoms. The molecule has 0 unspecified atom stereocenters. The minimum Gasteiger partial charge on any atom is -0.496 e. The Labute approximate surface area is 155 Å². The zero-order valence-corrected chi connectivity index (χ0v) is 14.2. The number of nitrogens with one attached hydrogen (secondary N) is 1. The Morgan fingerprint density at radius 1 is 1.11 bits per heavy atom. The molecule has 0 saturated heterocycles. The molecule has 146 valence electrons. The Morgan fingerprint density at radius 2 is 1.79 bits per heavy atom. The van der Waals surface area contributed by atoms with Gasteiger partial charge in [0.15, 0.2) is 23.1 Å². The van der Waals surface area contributed by atoms with E-state index in [0.29, 0.717) is 5.56 Å². The van der Waals surface area contributed by atoms with E-state index in [1.54, 1.807) is 0 Å². The van der Waals surface area contributed by atoms with Gasteiger partial charge in [0.25, 0.3) is 5.91 Å². The molecular weight excluding hydrogens is 384 g/mol. The number of halogens is 4. The highest BCUT2D eigenvalue weighted by molar-refractivity contribution is 5.96. The van der Waals surface area contributed by atoms with E-state index in [2.05, 4.69) is 15.4 Å². The summed E-state index contributed by atoms with van der Waals surface area (Å²) in [5.74, 6) is -8.29. The van der Waals surface area contributed by atoms with Crippen LogP contribution in [-0.2, 0) is 6.61 Å². The van der Waals surface area contributed by atoms with Crippen molar-refractivity contribution in [3.63, 3.8) is 0 Å². The second-order valence-electron chi connectivity index (χ2n) is 5.50. The number of aromatic nitrogens is 3. The third-order valence-corrected chi connectivity index (χ3v) is 3.78. The molecule has 0 bridgehead atoms. The largest absolute Gasteiger partial charge is 0.496 e. The lowest BCUT2D eigenvalue weighted by molar-refractivity contribution is 0.0996. The van der Waals surface area contributed by atoms with Crippen LogP contribution in [0.1, 0.15) is 16.1 Å². The standard InChI is InChI=1S/C17H12F4N4O3/c1-27-11-3-2-7(14-15(17(22)26)24-25-23-14)4-8(11)6-28-16-12(20)9(18)5-10(19)13(16)21/h2-5H,6H2,1H3,(H2,22,26)(H,23,24,25). The number of primary amides is 1. The Kier molecular flexibility index (Phi) is 5.16. The quantitative estimate of drug-likeness (QED) is 0.493. The van der Waals surface area contributed by atoms with Gasteiger partial charge in [0.2, 0.25) is 11.6 Å². The lowest BCUT2D eigenvalue weighted by atomic mass is 10.1. The van der Waals surface area contributed by atoms with E-state index >= 15 is 0 Å². The Hall–Kier alpha value is -3.63. The summed E-state index contributed by atoms with van der Waals surface area (Å²) in [6, 6.07) is 4.53. The van der Waals surface area contributed by atoms with E-state index in [1.165, 1.54) is 25.3 Å². The minimum absolute atomic E-state index is 0.0780. The SMILES string of the molecule is COc1ccc(-c2n[nH]nc2C(N)=O)cc1COc1c(F)c(F)cc(F)c1F. The first kappa shape index (κ1) is 19.1. The molecule has 7 nitrogen and oxygen atoms in total. The number of methoxy groups -OCH3 is 1. The summed E-state index contributed by atoms with van der Waals surface area (Å²) in [7, 11) is 1.34. The first-order chi connectivity index (χ1) is 13.3. The van der Waals surface area contributed by atoms with E-state index in [-0.39, 0.29) is 28.8 Å². The number of H-pyrrole nitrogens is 1. The van der Waals surface area contributed by atoms with E-state index in [9.17, 15) is 22.4 Å². The summed E-state index contributed by atoms with van der Waals surface area (Å²) >= 11 is 0. The minimum atomic E-state index is -1.67. The topological polar surface area (TPSA) is 103 Å². The summed E-state index contributed by atoms with van der Waals surface area (Å²) in [5.41, 5.74) is 5.85. The van der Waals surface area contributed by atoms with Gasteiger partial charge in [-0.3, -0.25) is 4.79 Å². The van der Waals surface area contributed by atoms with Crippen molar-refractivity contribution in [2.45, 2.75) is 6.61 Å². The summed E-state index contributed by atoms with van der Waals surface area (Å²) in [6.07, 6.45) is 0. The number of nitrogens with zero attached hydrogens (tertiary/aromatic N) is 2. The molecule has 0 saturated carbocycles. The summed E-state index contributed by atoms with van der Waals surface area (Å²) < 4.78 is 64.2. The molecule has 0 radical (unpaired) electrons. The highest BCUT2D eigenvalue weighted by Gasteiger charge is 2.22. The van der Waals surface area contributed by atoms with Crippen LogP contribution in [0.25, 0.3) is 11.3 Å². The monoisotopic (exact) mass is 396 g/mol. The molecule has 1 amide bonds. The van der Waals surface area contributed by atoms with Crippen LogP contribution >= 0.6 is 0 Å². The van der Waals surface area contributed by atoms with Crippen molar-refractivity contribution in [2.75, 3.05) is 7.11 Å². The fourth-order valence-electron chi connectivity index (χ4n) is 2.47. The second-order valence-corrected chi connectivity index (χ2v) is 5.50. The summed E-state index contributed by atoms with van der Waals surface area (Å²) in [4.78, 5) is 11.4. The maximum atomic E-state index is 13.8.